The molecule has 0 radical (unpaired) electrons. The summed E-state index contributed by atoms with van der Waals surface area (Å²) in [5.41, 5.74) is 1.06. The molecule has 1 aromatic carbocycles. The van der Waals surface area contributed by atoms with Gasteiger partial charge in [0.25, 0.3) is 5.56 Å². The summed E-state index contributed by atoms with van der Waals surface area (Å²) in [6.45, 7) is 1.14. The zero-order chi connectivity index (χ0) is 18.8. The normalized spacial score (nSPS) is 13.3. The number of anilines is 1. The Balaban J connectivity index is 1.69. The van der Waals surface area contributed by atoms with Gasteiger partial charge in [-0.25, -0.2) is 19.3 Å². The summed E-state index contributed by atoms with van der Waals surface area (Å²) >= 11 is 0. The van der Waals surface area contributed by atoms with Crippen LogP contribution in [0.2, 0.25) is 0 Å². The van der Waals surface area contributed by atoms with Gasteiger partial charge in [0, 0.05) is 30.9 Å². The number of carbonyl (C=O) groups excluding carboxylic acids is 1. The van der Waals surface area contributed by atoms with Gasteiger partial charge in [-0.15, -0.1) is 0 Å². The van der Waals surface area contributed by atoms with Crippen LogP contribution in [0.1, 0.15) is 16.8 Å². The summed E-state index contributed by atoms with van der Waals surface area (Å²) in [5, 5.41) is 0. The van der Waals surface area contributed by atoms with E-state index in [-0.39, 0.29) is 17.9 Å². The SMILES string of the molecule is O=C(CN1CCCn2c1nc(-c1ccncn1)cc2=O)c1cccc(F)c1. The molecule has 0 spiro atoms. The maximum Gasteiger partial charge on any atom is 0.255 e. The number of carbonyl (C=O) groups is 1. The molecule has 0 bridgehead atoms. The van der Waals surface area contributed by atoms with Crippen molar-refractivity contribution in [1.82, 2.24) is 19.5 Å². The predicted molar refractivity (Wildman–Crippen MR) is 97.1 cm³/mol. The molecule has 0 saturated heterocycles. The van der Waals surface area contributed by atoms with Crippen LogP contribution in [0.4, 0.5) is 10.3 Å². The Morgan fingerprint density at radius 3 is 2.81 bits per heavy atom. The molecule has 0 amide bonds. The Kier molecular flexibility index (Phi) is 4.45. The molecule has 4 rings (SSSR count). The molecule has 136 valence electrons. The van der Waals surface area contributed by atoms with E-state index in [9.17, 15) is 14.0 Å². The lowest BCUT2D eigenvalue weighted by molar-refractivity contribution is 0.0997. The second-order valence-corrected chi connectivity index (χ2v) is 6.23. The van der Waals surface area contributed by atoms with E-state index >= 15 is 0 Å². The van der Waals surface area contributed by atoms with Crippen molar-refractivity contribution in [3.8, 4) is 11.4 Å². The number of fused-ring (bicyclic) bond motifs is 1. The van der Waals surface area contributed by atoms with Crippen molar-refractivity contribution in [2.24, 2.45) is 0 Å². The molecule has 27 heavy (non-hydrogen) atoms. The first-order valence-electron chi connectivity index (χ1n) is 8.54. The number of rotatable bonds is 4. The second-order valence-electron chi connectivity index (χ2n) is 6.23. The van der Waals surface area contributed by atoms with E-state index < -0.39 is 5.82 Å². The van der Waals surface area contributed by atoms with Gasteiger partial charge in [0.15, 0.2) is 5.78 Å². The summed E-state index contributed by atoms with van der Waals surface area (Å²) in [7, 11) is 0. The fourth-order valence-corrected chi connectivity index (χ4v) is 3.11. The molecule has 1 aliphatic rings. The summed E-state index contributed by atoms with van der Waals surface area (Å²) < 4.78 is 15.0. The van der Waals surface area contributed by atoms with E-state index in [0.29, 0.717) is 36.0 Å². The first-order valence-corrected chi connectivity index (χ1v) is 8.54. The highest BCUT2D eigenvalue weighted by atomic mass is 19.1. The Morgan fingerprint density at radius 1 is 1.15 bits per heavy atom. The highest BCUT2D eigenvalue weighted by Crippen LogP contribution is 2.21. The van der Waals surface area contributed by atoms with Crippen LogP contribution in [-0.2, 0) is 6.54 Å². The lowest BCUT2D eigenvalue weighted by atomic mass is 10.1. The van der Waals surface area contributed by atoms with Crippen LogP contribution >= 0.6 is 0 Å². The number of benzene rings is 1. The topological polar surface area (TPSA) is 81.0 Å². The van der Waals surface area contributed by atoms with Crippen LogP contribution < -0.4 is 10.5 Å². The molecular weight excluding hydrogens is 349 g/mol. The quantitative estimate of drug-likeness (QED) is 0.657. The van der Waals surface area contributed by atoms with Crippen LogP contribution in [-0.4, -0.2) is 38.4 Å². The largest absolute Gasteiger partial charge is 0.334 e. The van der Waals surface area contributed by atoms with Gasteiger partial charge < -0.3 is 4.90 Å². The first kappa shape index (κ1) is 17.0. The molecule has 8 heteroatoms. The average Bonchev–Trinajstić information content (AvgIpc) is 2.69. The minimum Gasteiger partial charge on any atom is -0.334 e. The van der Waals surface area contributed by atoms with Crippen LogP contribution in [0.15, 0.2) is 53.7 Å². The van der Waals surface area contributed by atoms with Gasteiger partial charge in [-0.1, -0.05) is 12.1 Å². The van der Waals surface area contributed by atoms with Crippen molar-refractivity contribution in [2.75, 3.05) is 18.0 Å². The van der Waals surface area contributed by atoms with Crippen molar-refractivity contribution in [2.45, 2.75) is 13.0 Å². The van der Waals surface area contributed by atoms with E-state index in [1.54, 1.807) is 27.8 Å². The van der Waals surface area contributed by atoms with Gasteiger partial charge in [-0.3, -0.25) is 14.2 Å². The molecule has 0 saturated carbocycles. The third kappa shape index (κ3) is 3.46. The van der Waals surface area contributed by atoms with Crippen LogP contribution in [0, 0.1) is 5.82 Å². The minimum absolute atomic E-state index is 0.0170. The van der Waals surface area contributed by atoms with E-state index in [1.165, 1.54) is 30.6 Å². The molecular formula is C19H16FN5O2. The van der Waals surface area contributed by atoms with E-state index in [1.807, 2.05) is 0 Å². The van der Waals surface area contributed by atoms with Gasteiger partial charge in [0.05, 0.1) is 17.9 Å². The van der Waals surface area contributed by atoms with Crippen LogP contribution in [0.3, 0.4) is 0 Å². The molecule has 7 nitrogen and oxygen atoms in total. The lowest BCUT2D eigenvalue weighted by Gasteiger charge is -2.30. The zero-order valence-corrected chi connectivity index (χ0v) is 14.4. The zero-order valence-electron chi connectivity index (χ0n) is 14.4. The number of hydrogen-bond donors (Lipinski definition) is 0. The molecule has 0 unspecified atom stereocenters. The summed E-state index contributed by atoms with van der Waals surface area (Å²) in [6.07, 6.45) is 3.68. The fraction of sp³-hybridized carbons (Fsp3) is 0.211. The molecule has 3 aromatic rings. The minimum atomic E-state index is -0.458. The van der Waals surface area contributed by atoms with Crippen molar-refractivity contribution >= 4 is 11.7 Å². The Morgan fingerprint density at radius 2 is 2.04 bits per heavy atom. The Hall–Kier alpha value is -3.42. The summed E-state index contributed by atoms with van der Waals surface area (Å²) in [4.78, 5) is 39.4. The molecule has 1 aliphatic heterocycles. The van der Waals surface area contributed by atoms with Crippen LogP contribution in [0.5, 0.6) is 0 Å². The molecule has 0 aliphatic carbocycles. The van der Waals surface area contributed by atoms with Crippen molar-refractivity contribution < 1.29 is 9.18 Å². The Labute approximate surface area is 154 Å². The number of halogens is 1. The highest BCUT2D eigenvalue weighted by molar-refractivity contribution is 5.99. The van der Waals surface area contributed by atoms with E-state index in [0.717, 1.165) is 6.42 Å². The summed E-state index contributed by atoms with van der Waals surface area (Å²) in [5.74, 6) is -0.267. The van der Waals surface area contributed by atoms with Gasteiger partial charge in [0.2, 0.25) is 5.95 Å². The van der Waals surface area contributed by atoms with E-state index in [2.05, 4.69) is 15.0 Å². The first-order chi connectivity index (χ1) is 13.1. The monoisotopic (exact) mass is 365 g/mol. The number of Topliss-reactive ketones (excluding diaryl/α,β-unsaturated/α-hetero) is 1. The molecule has 0 atom stereocenters. The number of aromatic nitrogens is 4. The molecule has 3 heterocycles. The predicted octanol–water partition coefficient (Wildman–Crippen LogP) is 1.93. The maximum atomic E-state index is 13.4. The molecule has 0 N–H and O–H groups in total. The van der Waals surface area contributed by atoms with Crippen molar-refractivity contribution in [1.29, 1.82) is 0 Å². The average molecular weight is 365 g/mol. The van der Waals surface area contributed by atoms with Gasteiger partial charge in [-0.05, 0) is 24.6 Å². The third-order valence-corrected chi connectivity index (χ3v) is 4.41. The molecule has 2 aromatic heterocycles. The fourth-order valence-electron chi connectivity index (χ4n) is 3.11. The maximum absolute atomic E-state index is 13.4. The number of nitrogens with zero attached hydrogens (tertiary/aromatic N) is 5. The summed E-state index contributed by atoms with van der Waals surface area (Å²) in [6, 6.07) is 8.69. The third-order valence-electron chi connectivity index (χ3n) is 4.41. The highest BCUT2D eigenvalue weighted by Gasteiger charge is 2.23. The van der Waals surface area contributed by atoms with E-state index in [4.69, 9.17) is 0 Å². The smallest absolute Gasteiger partial charge is 0.255 e. The lowest BCUT2D eigenvalue weighted by Crippen LogP contribution is -2.41. The van der Waals surface area contributed by atoms with Gasteiger partial charge in [0.1, 0.15) is 12.1 Å². The Bertz CT molecular complexity index is 1050. The van der Waals surface area contributed by atoms with Gasteiger partial charge in [-0.2, -0.15) is 0 Å². The van der Waals surface area contributed by atoms with Crippen molar-refractivity contribution in [3.63, 3.8) is 0 Å². The number of ketones is 1. The number of hydrogen-bond acceptors (Lipinski definition) is 6. The second kappa shape index (κ2) is 7.06. The standard InChI is InChI=1S/C19H16FN5O2/c20-14-4-1-3-13(9-14)17(26)11-24-7-2-8-25-18(27)10-16(23-19(24)25)15-5-6-21-12-22-15/h1,3-6,9-10,12H,2,7-8,11H2. The van der Waals surface area contributed by atoms with Crippen LogP contribution in [0.25, 0.3) is 11.4 Å². The van der Waals surface area contributed by atoms with Gasteiger partial charge >= 0.3 is 0 Å². The van der Waals surface area contributed by atoms with Crippen molar-refractivity contribution in [3.05, 3.63) is 70.7 Å². The molecule has 0 fully saturated rings.